The van der Waals surface area contributed by atoms with Crippen LogP contribution in [0.2, 0.25) is 0 Å². The van der Waals surface area contributed by atoms with Gasteiger partial charge < -0.3 is 10.1 Å². The summed E-state index contributed by atoms with van der Waals surface area (Å²) in [5.41, 5.74) is 3.07. The molecule has 0 aliphatic heterocycles. The van der Waals surface area contributed by atoms with Crippen molar-refractivity contribution in [2.75, 3.05) is 11.9 Å². The fourth-order valence-electron chi connectivity index (χ4n) is 3.08. The maximum atomic E-state index is 12.5. The summed E-state index contributed by atoms with van der Waals surface area (Å²) in [5.74, 6) is -0.704. The van der Waals surface area contributed by atoms with Crippen LogP contribution in [0, 0.1) is 0 Å². The smallest absolute Gasteiger partial charge is 0.338 e. The molecule has 7 nitrogen and oxygen atoms in total. The summed E-state index contributed by atoms with van der Waals surface area (Å²) in [6.45, 7) is -0.463. The van der Waals surface area contributed by atoms with E-state index in [1.54, 1.807) is 10.7 Å². The molecule has 158 valence electrons. The summed E-state index contributed by atoms with van der Waals surface area (Å²) in [6.07, 6.45) is 0.683. The molecule has 0 atom stereocenters. The minimum Gasteiger partial charge on any atom is -0.452 e. The first-order valence-electron chi connectivity index (χ1n) is 9.87. The molecule has 1 amide bonds. The first-order valence-corrected chi connectivity index (χ1v) is 9.87. The molecule has 0 aliphatic carbocycles. The number of carbonyl (C=O) groups is 3. The molecule has 0 radical (unpaired) electrons. The number of carbonyl (C=O) groups excluding carboxylic acids is 3. The van der Waals surface area contributed by atoms with Crippen LogP contribution in [0.1, 0.15) is 20.7 Å². The van der Waals surface area contributed by atoms with E-state index in [1.165, 1.54) is 24.3 Å². The Morgan fingerprint density at radius 2 is 1.56 bits per heavy atom. The number of rotatable bonds is 7. The van der Waals surface area contributed by atoms with Crippen LogP contribution in [0.15, 0.2) is 91.0 Å². The van der Waals surface area contributed by atoms with Crippen LogP contribution >= 0.6 is 0 Å². The summed E-state index contributed by atoms with van der Waals surface area (Å²) in [4.78, 5) is 35.4. The minimum atomic E-state index is -0.654. The summed E-state index contributed by atoms with van der Waals surface area (Å²) in [6, 6.07) is 26.7. The molecule has 0 saturated carbocycles. The number of esters is 1. The molecule has 4 rings (SSSR count). The van der Waals surface area contributed by atoms with Crippen LogP contribution in [0.3, 0.4) is 0 Å². The van der Waals surface area contributed by atoms with Gasteiger partial charge in [0, 0.05) is 17.2 Å². The van der Waals surface area contributed by atoms with E-state index >= 15 is 0 Å². The number of nitrogens with one attached hydrogen (secondary N) is 1. The molecule has 4 aromatic rings. The first kappa shape index (κ1) is 20.7. The van der Waals surface area contributed by atoms with Gasteiger partial charge in [-0.05, 0) is 24.3 Å². The van der Waals surface area contributed by atoms with Gasteiger partial charge in [0.2, 0.25) is 0 Å². The van der Waals surface area contributed by atoms with Gasteiger partial charge >= 0.3 is 5.97 Å². The highest BCUT2D eigenvalue weighted by Gasteiger charge is 2.15. The molecule has 32 heavy (non-hydrogen) atoms. The second kappa shape index (κ2) is 9.53. The van der Waals surface area contributed by atoms with Crippen molar-refractivity contribution in [2.24, 2.45) is 0 Å². The van der Waals surface area contributed by atoms with Crippen molar-refractivity contribution < 1.29 is 19.1 Å². The molecule has 1 N–H and O–H groups in total. The molecule has 0 fully saturated rings. The molecular formula is C25H19N3O4. The van der Waals surface area contributed by atoms with E-state index in [0.717, 1.165) is 11.3 Å². The van der Waals surface area contributed by atoms with Gasteiger partial charge in [-0.25, -0.2) is 9.48 Å². The molecule has 0 saturated heterocycles. The van der Waals surface area contributed by atoms with Gasteiger partial charge in [-0.15, -0.1) is 0 Å². The molecule has 0 unspecified atom stereocenters. The fraction of sp³-hybridized carbons (Fsp3) is 0.0400. The molecule has 0 spiro atoms. The van der Waals surface area contributed by atoms with Crippen LogP contribution in [0.5, 0.6) is 0 Å². The highest BCUT2D eigenvalue weighted by Crippen LogP contribution is 2.24. The van der Waals surface area contributed by atoms with E-state index in [-0.39, 0.29) is 5.56 Å². The zero-order valence-corrected chi connectivity index (χ0v) is 17.0. The molecule has 7 heteroatoms. The van der Waals surface area contributed by atoms with Gasteiger partial charge in [-0.3, -0.25) is 9.59 Å². The van der Waals surface area contributed by atoms with E-state index in [0.29, 0.717) is 23.4 Å². The molecule has 3 aromatic carbocycles. The Morgan fingerprint density at radius 3 is 2.22 bits per heavy atom. The fourth-order valence-corrected chi connectivity index (χ4v) is 3.08. The number of nitrogens with zero attached hydrogens (tertiary/aromatic N) is 2. The largest absolute Gasteiger partial charge is 0.452 e. The topological polar surface area (TPSA) is 90.3 Å². The highest BCUT2D eigenvalue weighted by molar-refractivity contribution is 5.95. The maximum Gasteiger partial charge on any atom is 0.338 e. The number of aldehydes is 1. The number of amides is 1. The average molecular weight is 425 g/mol. The zero-order valence-electron chi connectivity index (χ0n) is 17.0. The van der Waals surface area contributed by atoms with Crippen molar-refractivity contribution in [3.05, 3.63) is 102 Å². The lowest BCUT2D eigenvalue weighted by Gasteiger charge is -2.09. The summed E-state index contributed by atoms with van der Waals surface area (Å²) < 4.78 is 6.73. The first-order chi connectivity index (χ1) is 15.6. The summed E-state index contributed by atoms with van der Waals surface area (Å²) in [7, 11) is 0. The van der Waals surface area contributed by atoms with Crippen molar-refractivity contribution in [1.29, 1.82) is 0 Å². The predicted octanol–water partition coefficient (Wildman–Crippen LogP) is 4.15. The number of benzene rings is 3. The Kier molecular flexibility index (Phi) is 6.17. The molecule has 0 aliphatic rings. The Morgan fingerprint density at radius 1 is 0.906 bits per heavy atom. The monoisotopic (exact) mass is 425 g/mol. The molecular weight excluding hydrogens is 406 g/mol. The Bertz CT molecular complexity index is 1230. The second-order valence-corrected chi connectivity index (χ2v) is 6.89. The SMILES string of the molecule is O=Cc1ccc(C(=O)OCC(=O)Nc2cc(-c3ccccc3)nn2-c2ccccc2)cc1. The normalized spacial score (nSPS) is 10.4. The van der Waals surface area contributed by atoms with E-state index in [1.807, 2.05) is 60.7 Å². The lowest BCUT2D eigenvalue weighted by molar-refractivity contribution is -0.119. The van der Waals surface area contributed by atoms with Gasteiger partial charge in [0.05, 0.1) is 16.9 Å². The lowest BCUT2D eigenvalue weighted by atomic mass is 10.1. The number of hydrogen-bond acceptors (Lipinski definition) is 5. The summed E-state index contributed by atoms with van der Waals surface area (Å²) >= 11 is 0. The van der Waals surface area contributed by atoms with E-state index in [9.17, 15) is 14.4 Å². The minimum absolute atomic E-state index is 0.254. The van der Waals surface area contributed by atoms with Gasteiger partial charge in [0.1, 0.15) is 12.1 Å². The van der Waals surface area contributed by atoms with Gasteiger partial charge in [0.25, 0.3) is 5.91 Å². The number of anilines is 1. The standard InChI is InChI=1S/C25H19N3O4/c29-16-18-11-13-20(14-12-18)25(31)32-17-24(30)26-23-15-22(19-7-3-1-4-8-19)27-28(23)21-9-5-2-6-10-21/h1-16H,17H2,(H,26,30). The van der Waals surface area contributed by atoms with Crippen molar-refractivity contribution in [3.8, 4) is 16.9 Å². The molecule has 1 heterocycles. The predicted molar refractivity (Wildman–Crippen MR) is 120 cm³/mol. The van der Waals surface area contributed by atoms with Crippen LogP contribution in [0.4, 0.5) is 5.82 Å². The number of hydrogen-bond donors (Lipinski definition) is 1. The van der Waals surface area contributed by atoms with E-state index in [4.69, 9.17) is 4.74 Å². The Balaban J connectivity index is 1.49. The highest BCUT2D eigenvalue weighted by atomic mass is 16.5. The van der Waals surface area contributed by atoms with Crippen molar-refractivity contribution in [3.63, 3.8) is 0 Å². The maximum absolute atomic E-state index is 12.5. The third-order valence-corrected chi connectivity index (χ3v) is 4.66. The average Bonchev–Trinajstić information content (AvgIpc) is 3.27. The van der Waals surface area contributed by atoms with Crippen LogP contribution in [-0.2, 0) is 9.53 Å². The van der Waals surface area contributed by atoms with Crippen molar-refractivity contribution in [1.82, 2.24) is 9.78 Å². The second-order valence-electron chi connectivity index (χ2n) is 6.89. The van der Waals surface area contributed by atoms with Crippen molar-refractivity contribution in [2.45, 2.75) is 0 Å². The lowest BCUT2D eigenvalue weighted by Crippen LogP contribution is -2.22. The van der Waals surface area contributed by atoms with Crippen LogP contribution < -0.4 is 5.32 Å². The van der Waals surface area contributed by atoms with Gasteiger partial charge in [0.15, 0.2) is 6.61 Å². The van der Waals surface area contributed by atoms with Crippen molar-refractivity contribution >= 4 is 24.0 Å². The van der Waals surface area contributed by atoms with Gasteiger partial charge in [-0.2, -0.15) is 5.10 Å². The van der Waals surface area contributed by atoms with Crippen LogP contribution in [0.25, 0.3) is 16.9 Å². The molecule has 0 bridgehead atoms. The number of para-hydroxylation sites is 1. The Hall–Kier alpha value is -4.52. The van der Waals surface area contributed by atoms with Crippen LogP contribution in [-0.4, -0.2) is 34.6 Å². The third kappa shape index (κ3) is 4.79. The Labute approximate surface area is 184 Å². The number of aromatic nitrogens is 2. The third-order valence-electron chi connectivity index (χ3n) is 4.66. The summed E-state index contributed by atoms with van der Waals surface area (Å²) in [5, 5.41) is 7.39. The van der Waals surface area contributed by atoms with E-state index in [2.05, 4.69) is 10.4 Å². The number of ether oxygens (including phenoxy) is 1. The quantitative estimate of drug-likeness (QED) is 0.355. The van der Waals surface area contributed by atoms with Gasteiger partial charge in [-0.1, -0.05) is 60.7 Å². The zero-order chi connectivity index (χ0) is 22.3. The molecule has 1 aromatic heterocycles. The van der Waals surface area contributed by atoms with E-state index < -0.39 is 18.5 Å².